The van der Waals surface area contributed by atoms with E-state index in [9.17, 15) is 4.79 Å². The molecule has 0 amide bonds. The molecule has 0 unspecified atom stereocenters. The molecule has 0 atom stereocenters. The van der Waals surface area contributed by atoms with Gasteiger partial charge in [0.25, 0.3) is 5.56 Å². The van der Waals surface area contributed by atoms with Crippen LogP contribution in [0.2, 0.25) is 10.0 Å². The normalized spacial score (nSPS) is 14.2. The minimum absolute atomic E-state index is 0.176. The van der Waals surface area contributed by atoms with Crippen LogP contribution < -0.4 is 15.0 Å². The SMILES string of the molecule is CCOc1cc(C=Nn2c(C3CCCCC3)nc3ccc(Br)cc3c2=O)cc(I)c1OCc1ccc(Cl)c(Cl)c1. The third kappa shape index (κ3) is 6.66. The van der Waals surface area contributed by atoms with Gasteiger partial charge in [0.2, 0.25) is 0 Å². The number of rotatable bonds is 8. The van der Waals surface area contributed by atoms with Gasteiger partial charge in [-0.05, 0) is 95.9 Å². The molecule has 0 bridgehead atoms. The van der Waals surface area contributed by atoms with E-state index in [1.54, 1.807) is 24.4 Å². The number of aromatic nitrogens is 2. The van der Waals surface area contributed by atoms with Crippen LogP contribution >= 0.6 is 61.7 Å². The molecule has 208 valence electrons. The topological polar surface area (TPSA) is 65.7 Å². The van der Waals surface area contributed by atoms with Gasteiger partial charge in [-0.3, -0.25) is 4.79 Å². The molecule has 0 N–H and O–H groups in total. The first-order valence-corrected chi connectivity index (χ1v) is 15.8. The standard InChI is InChI=1S/C30H27BrCl2IN3O3/c1-2-39-27-14-19(13-25(34)28(27)40-17-18-8-10-23(32)24(33)12-18)16-35-37-29(20-6-4-3-5-7-20)36-26-11-9-21(31)15-22(26)30(37)38/h8-16,20H,2-7,17H2,1H3. The Morgan fingerprint density at radius 3 is 2.62 bits per heavy atom. The second-order valence-electron chi connectivity index (χ2n) is 9.63. The van der Waals surface area contributed by atoms with Crippen LogP contribution in [0.25, 0.3) is 10.9 Å². The average Bonchev–Trinajstić information content (AvgIpc) is 2.95. The smallest absolute Gasteiger partial charge is 0.282 e. The Labute approximate surface area is 265 Å². The number of ether oxygens (including phenoxy) is 2. The Balaban J connectivity index is 1.50. The summed E-state index contributed by atoms with van der Waals surface area (Å²) < 4.78 is 15.2. The molecule has 1 fully saturated rings. The van der Waals surface area contributed by atoms with Crippen molar-refractivity contribution in [2.45, 2.75) is 51.6 Å². The zero-order chi connectivity index (χ0) is 28.2. The van der Waals surface area contributed by atoms with Crippen LogP contribution in [-0.4, -0.2) is 22.5 Å². The summed E-state index contributed by atoms with van der Waals surface area (Å²) in [6.07, 6.45) is 7.16. The van der Waals surface area contributed by atoms with Gasteiger partial charge in [0.15, 0.2) is 11.5 Å². The molecule has 10 heteroatoms. The van der Waals surface area contributed by atoms with E-state index >= 15 is 0 Å². The van der Waals surface area contributed by atoms with Gasteiger partial charge in [0.1, 0.15) is 12.4 Å². The number of hydrogen-bond donors (Lipinski definition) is 0. The average molecular weight is 755 g/mol. The second kappa shape index (κ2) is 13.2. The lowest BCUT2D eigenvalue weighted by atomic mass is 9.88. The van der Waals surface area contributed by atoms with Gasteiger partial charge in [-0.15, -0.1) is 0 Å². The fourth-order valence-corrected chi connectivity index (χ4v) is 6.34. The predicted molar refractivity (Wildman–Crippen MR) is 174 cm³/mol. The molecule has 1 saturated carbocycles. The minimum Gasteiger partial charge on any atom is -0.490 e. The van der Waals surface area contributed by atoms with Gasteiger partial charge in [-0.25, -0.2) is 4.98 Å². The van der Waals surface area contributed by atoms with E-state index in [2.05, 4.69) is 43.6 Å². The highest BCUT2D eigenvalue weighted by atomic mass is 127. The quantitative estimate of drug-likeness (QED) is 0.133. The summed E-state index contributed by atoms with van der Waals surface area (Å²) in [5, 5.41) is 6.20. The first kappa shape index (κ1) is 29.4. The van der Waals surface area contributed by atoms with Gasteiger partial charge >= 0.3 is 0 Å². The van der Waals surface area contributed by atoms with Crippen LogP contribution in [0, 0.1) is 3.57 Å². The Kier molecular flexibility index (Phi) is 9.71. The summed E-state index contributed by atoms with van der Waals surface area (Å²) in [5.74, 6) is 2.14. The highest BCUT2D eigenvalue weighted by Crippen LogP contribution is 2.35. The zero-order valence-electron chi connectivity index (χ0n) is 21.8. The number of benzene rings is 3. The van der Waals surface area contributed by atoms with E-state index in [1.807, 2.05) is 37.3 Å². The van der Waals surface area contributed by atoms with Crippen molar-refractivity contribution >= 4 is 78.8 Å². The third-order valence-corrected chi connectivity index (χ3v) is 8.86. The number of nitrogens with zero attached hydrogens (tertiary/aromatic N) is 3. The van der Waals surface area contributed by atoms with Gasteiger partial charge in [-0.2, -0.15) is 9.78 Å². The molecule has 5 rings (SSSR count). The van der Waals surface area contributed by atoms with Crippen LogP contribution in [0.15, 0.2) is 62.9 Å². The monoisotopic (exact) mass is 753 g/mol. The molecule has 0 radical (unpaired) electrons. The van der Waals surface area contributed by atoms with Crippen molar-refractivity contribution in [2.75, 3.05) is 6.61 Å². The lowest BCUT2D eigenvalue weighted by Gasteiger charge is -2.22. The van der Waals surface area contributed by atoms with Crippen LogP contribution in [-0.2, 0) is 6.61 Å². The summed E-state index contributed by atoms with van der Waals surface area (Å²) in [4.78, 5) is 18.6. The molecule has 1 aliphatic carbocycles. The molecule has 1 aromatic heterocycles. The van der Waals surface area contributed by atoms with Gasteiger partial charge in [0.05, 0.1) is 37.3 Å². The Morgan fingerprint density at radius 2 is 1.88 bits per heavy atom. The molecule has 0 saturated heterocycles. The highest BCUT2D eigenvalue weighted by molar-refractivity contribution is 14.1. The van der Waals surface area contributed by atoms with Crippen molar-refractivity contribution in [3.8, 4) is 11.5 Å². The highest BCUT2D eigenvalue weighted by Gasteiger charge is 2.22. The van der Waals surface area contributed by atoms with E-state index in [4.69, 9.17) is 37.7 Å². The molecule has 0 spiro atoms. The van der Waals surface area contributed by atoms with Gasteiger partial charge in [-0.1, -0.05) is 64.5 Å². The van der Waals surface area contributed by atoms with E-state index < -0.39 is 0 Å². The number of hydrogen-bond acceptors (Lipinski definition) is 5. The van der Waals surface area contributed by atoms with Crippen molar-refractivity contribution in [1.82, 2.24) is 9.66 Å². The zero-order valence-corrected chi connectivity index (χ0v) is 27.1. The van der Waals surface area contributed by atoms with Gasteiger partial charge in [0, 0.05) is 10.4 Å². The summed E-state index contributed by atoms with van der Waals surface area (Å²) >= 11 is 17.9. The van der Waals surface area contributed by atoms with Crippen LogP contribution in [0.4, 0.5) is 0 Å². The molecule has 4 aromatic rings. The Hall–Kier alpha value is -2.14. The summed E-state index contributed by atoms with van der Waals surface area (Å²) in [6.45, 7) is 2.69. The molecule has 3 aromatic carbocycles. The van der Waals surface area contributed by atoms with Crippen molar-refractivity contribution in [3.63, 3.8) is 0 Å². The fraction of sp³-hybridized carbons (Fsp3) is 0.300. The van der Waals surface area contributed by atoms with E-state index in [0.29, 0.717) is 45.7 Å². The largest absolute Gasteiger partial charge is 0.490 e. The minimum atomic E-state index is -0.176. The molecule has 0 aliphatic heterocycles. The van der Waals surface area contributed by atoms with Gasteiger partial charge < -0.3 is 9.47 Å². The predicted octanol–water partition coefficient (Wildman–Crippen LogP) is 8.98. The Morgan fingerprint density at radius 1 is 1.07 bits per heavy atom. The van der Waals surface area contributed by atoms with E-state index in [-0.39, 0.29) is 11.5 Å². The number of fused-ring (bicyclic) bond motifs is 1. The molecule has 6 nitrogen and oxygen atoms in total. The lowest BCUT2D eigenvalue weighted by molar-refractivity contribution is 0.267. The van der Waals surface area contributed by atoms with Crippen molar-refractivity contribution in [1.29, 1.82) is 0 Å². The molecular weight excluding hydrogens is 728 g/mol. The van der Waals surface area contributed by atoms with Crippen molar-refractivity contribution in [3.05, 3.63) is 93.9 Å². The maximum Gasteiger partial charge on any atom is 0.282 e. The fourth-order valence-electron chi connectivity index (χ4n) is 4.88. The summed E-state index contributed by atoms with van der Waals surface area (Å²) in [5.41, 5.74) is 2.19. The maximum absolute atomic E-state index is 13.6. The van der Waals surface area contributed by atoms with E-state index in [1.165, 1.54) is 11.1 Å². The van der Waals surface area contributed by atoms with Crippen LogP contribution in [0.1, 0.15) is 61.9 Å². The Bertz CT molecular complexity index is 1640. The van der Waals surface area contributed by atoms with E-state index in [0.717, 1.165) is 50.7 Å². The third-order valence-electron chi connectivity index (χ3n) is 6.82. The summed E-state index contributed by atoms with van der Waals surface area (Å²) in [7, 11) is 0. The number of halogens is 4. The summed E-state index contributed by atoms with van der Waals surface area (Å²) in [6, 6.07) is 14.8. The first-order chi connectivity index (χ1) is 19.3. The van der Waals surface area contributed by atoms with Crippen molar-refractivity contribution < 1.29 is 9.47 Å². The molecule has 40 heavy (non-hydrogen) atoms. The van der Waals surface area contributed by atoms with Crippen LogP contribution in [0.5, 0.6) is 11.5 Å². The maximum atomic E-state index is 13.6. The second-order valence-corrected chi connectivity index (χ2v) is 12.5. The van der Waals surface area contributed by atoms with Crippen LogP contribution in [0.3, 0.4) is 0 Å². The molecule has 1 heterocycles. The first-order valence-electron chi connectivity index (χ1n) is 13.1. The lowest BCUT2D eigenvalue weighted by Crippen LogP contribution is -2.25. The van der Waals surface area contributed by atoms with Crippen molar-refractivity contribution in [2.24, 2.45) is 5.10 Å². The molecular formula is C30H27BrCl2IN3O3. The molecule has 1 aliphatic rings.